The first-order valence-electron chi connectivity index (χ1n) is 2.89. The molecule has 0 amide bonds. The van der Waals surface area contributed by atoms with Gasteiger partial charge in [-0.25, -0.2) is 4.79 Å². The average molecular weight is 187 g/mol. The van der Waals surface area contributed by atoms with E-state index in [1.54, 1.807) is 0 Å². The Morgan fingerprint density at radius 1 is 1.58 bits per heavy atom. The SMILES string of the molecule is COC(=O)[C@H](O)[C@@H](N)C(F)(F)F. The highest BCUT2D eigenvalue weighted by atomic mass is 19.4. The van der Waals surface area contributed by atoms with Crippen LogP contribution in [-0.4, -0.2) is 36.5 Å². The normalized spacial score (nSPS) is 16.8. The van der Waals surface area contributed by atoms with Gasteiger partial charge in [-0.15, -0.1) is 0 Å². The monoisotopic (exact) mass is 187 g/mol. The number of nitrogens with two attached hydrogens (primary N) is 1. The van der Waals surface area contributed by atoms with E-state index >= 15 is 0 Å². The fourth-order valence-corrected chi connectivity index (χ4v) is 0.446. The van der Waals surface area contributed by atoms with E-state index in [0.717, 1.165) is 7.11 Å². The molecule has 0 saturated carbocycles. The Morgan fingerprint density at radius 2 is 2.00 bits per heavy atom. The van der Waals surface area contributed by atoms with E-state index in [2.05, 4.69) is 10.5 Å². The summed E-state index contributed by atoms with van der Waals surface area (Å²) in [5.74, 6) is -1.40. The van der Waals surface area contributed by atoms with E-state index in [0.29, 0.717) is 0 Å². The van der Waals surface area contributed by atoms with Gasteiger partial charge in [-0.3, -0.25) is 0 Å². The Balaban J connectivity index is 4.29. The summed E-state index contributed by atoms with van der Waals surface area (Å²) in [6, 6.07) is -2.61. The Morgan fingerprint density at radius 3 is 2.25 bits per heavy atom. The lowest BCUT2D eigenvalue weighted by Crippen LogP contribution is -2.50. The number of ether oxygens (including phenoxy) is 1. The number of hydrogen-bond donors (Lipinski definition) is 2. The predicted octanol–water partition coefficient (Wildman–Crippen LogP) is -0.590. The van der Waals surface area contributed by atoms with Crippen molar-refractivity contribution in [3.63, 3.8) is 0 Å². The molecule has 0 aliphatic carbocycles. The number of esters is 1. The minimum Gasteiger partial charge on any atom is -0.467 e. The molecule has 72 valence electrons. The highest BCUT2D eigenvalue weighted by Crippen LogP contribution is 2.20. The van der Waals surface area contributed by atoms with Crippen molar-refractivity contribution in [3.05, 3.63) is 0 Å². The zero-order valence-electron chi connectivity index (χ0n) is 6.13. The molecule has 12 heavy (non-hydrogen) atoms. The second kappa shape index (κ2) is 3.72. The van der Waals surface area contributed by atoms with Crippen molar-refractivity contribution in [3.8, 4) is 0 Å². The molecule has 7 heteroatoms. The third kappa shape index (κ3) is 2.67. The highest BCUT2D eigenvalue weighted by Gasteiger charge is 2.44. The smallest absolute Gasteiger partial charge is 0.406 e. The molecular weight excluding hydrogens is 179 g/mol. The summed E-state index contributed by atoms with van der Waals surface area (Å²) in [4.78, 5) is 10.3. The molecule has 0 aromatic carbocycles. The van der Waals surface area contributed by atoms with Crippen LogP contribution in [0.3, 0.4) is 0 Å². The average Bonchev–Trinajstić information content (AvgIpc) is 1.98. The molecule has 0 fully saturated rings. The maximum Gasteiger partial charge on any atom is 0.406 e. The number of hydrogen-bond acceptors (Lipinski definition) is 4. The molecule has 0 spiro atoms. The summed E-state index contributed by atoms with van der Waals surface area (Å²) < 4.78 is 39.0. The number of methoxy groups -OCH3 is 1. The van der Waals surface area contributed by atoms with E-state index in [9.17, 15) is 18.0 Å². The van der Waals surface area contributed by atoms with E-state index in [4.69, 9.17) is 5.11 Å². The van der Waals surface area contributed by atoms with Gasteiger partial charge in [-0.2, -0.15) is 13.2 Å². The Kier molecular flexibility index (Phi) is 3.47. The van der Waals surface area contributed by atoms with Crippen molar-refractivity contribution in [1.29, 1.82) is 0 Å². The Bertz CT molecular complexity index is 170. The van der Waals surface area contributed by atoms with Crippen molar-refractivity contribution in [2.75, 3.05) is 7.11 Å². The number of alkyl halides is 3. The van der Waals surface area contributed by atoms with Crippen LogP contribution in [-0.2, 0) is 9.53 Å². The zero-order chi connectivity index (χ0) is 9.94. The van der Waals surface area contributed by atoms with Crippen LogP contribution in [0.4, 0.5) is 13.2 Å². The van der Waals surface area contributed by atoms with Crippen LogP contribution in [0.2, 0.25) is 0 Å². The lowest BCUT2D eigenvalue weighted by atomic mass is 10.2. The Hall–Kier alpha value is -0.820. The number of carbonyl (C=O) groups excluding carboxylic acids is 1. The van der Waals surface area contributed by atoms with Crippen LogP contribution in [0.15, 0.2) is 0 Å². The Labute approximate surface area is 66.1 Å². The minimum atomic E-state index is -4.81. The fraction of sp³-hybridized carbons (Fsp3) is 0.800. The summed E-state index contributed by atoms with van der Waals surface area (Å²) in [6.07, 6.45) is -7.18. The number of aliphatic hydroxyl groups is 1. The van der Waals surface area contributed by atoms with Gasteiger partial charge in [0.1, 0.15) is 6.04 Å². The number of aliphatic hydroxyl groups excluding tert-OH is 1. The number of rotatable bonds is 2. The van der Waals surface area contributed by atoms with Gasteiger partial charge >= 0.3 is 12.1 Å². The first-order chi connectivity index (χ1) is 5.30. The lowest BCUT2D eigenvalue weighted by Gasteiger charge is -2.18. The highest BCUT2D eigenvalue weighted by molar-refractivity contribution is 5.75. The molecule has 0 aromatic heterocycles. The van der Waals surface area contributed by atoms with E-state index in [1.165, 1.54) is 0 Å². The summed E-state index contributed by atoms with van der Waals surface area (Å²) >= 11 is 0. The van der Waals surface area contributed by atoms with Crippen molar-refractivity contribution < 1.29 is 27.8 Å². The summed E-state index contributed by atoms with van der Waals surface area (Å²) in [7, 11) is 0.856. The molecule has 0 aromatic rings. The number of carbonyl (C=O) groups is 1. The van der Waals surface area contributed by atoms with Crippen LogP contribution in [0.5, 0.6) is 0 Å². The zero-order valence-corrected chi connectivity index (χ0v) is 6.13. The molecule has 0 bridgehead atoms. The van der Waals surface area contributed by atoms with Crippen LogP contribution >= 0.6 is 0 Å². The minimum absolute atomic E-state index is 0.856. The van der Waals surface area contributed by atoms with Crippen molar-refractivity contribution in [2.24, 2.45) is 5.73 Å². The molecule has 0 heterocycles. The van der Waals surface area contributed by atoms with Gasteiger partial charge in [0.25, 0.3) is 0 Å². The number of halogens is 3. The summed E-state index contributed by atoms with van der Waals surface area (Å²) in [5, 5.41) is 8.60. The van der Waals surface area contributed by atoms with Crippen LogP contribution in [0.1, 0.15) is 0 Å². The maximum absolute atomic E-state index is 11.7. The van der Waals surface area contributed by atoms with Gasteiger partial charge in [0.05, 0.1) is 7.11 Å². The van der Waals surface area contributed by atoms with Crippen molar-refractivity contribution >= 4 is 5.97 Å². The van der Waals surface area contributed by atoms with Crippen LogP contribution in [0.25, 0.3) is 0 Å². The topological polar surface area (TPSA) is 72.5 Å². The molecular formula is C5H8F3NO3. The molecule has 4 nitrogen and oxygen atoms in total. The second-order valence-corrected chi connectivity index (χ2v) is 2.04. The van der Waals surface area contributed by atoms with E-state index in [-0.39, 0.29) is 0 Å². The van der Waals surface area contributed by atoms with Crippen molar-refractivity contribution in [1.82, 2.24) is 0 Å². The van der Waals surface area contributed by atoms with Crippen LogP contribution < -0.4 is 5.73 Å². The molecule has 0 saturated heterocycles. The maximum atomic E-state index is 11.7. The summed E-state index contributed by atoms with van der Waals surface area (Å²) in [5.41, 5.74) is 4.49. The van der Waals surface area contributed by atoms with E-state index in [1.807, 2.05) is 0 Å². The molecule has 3 N–H and O–H groups in total. The molecule has 0 unspecified atom stereocenters. The fourth-order valence-electron chi connectivity index (χ4n) is 0.446. The first-order valence-corrected chi connectivity index (χ1v) is 2.89. The summed E-state index contributed by atoms with van der Waals surface area (Å²) in [6.45, 7) is 0. The molecule has 2 atom stereocenters. The van der Waals surface area contributed by atoms with E-state index < -0.39 is 24.3 Å². The van der Waals surface area contributed by atoms with Gasteiger partial charge in [0, 0.05) is 0 Å². The largest absolute Gasteiger partial charge is 0.467 e. The van der Waals surface area contributed by atoms with Crippen LogP contribution in [0, 0.1) is 0 Å². The third-order valence-electron chi connectivity index (χ3n) is 1.16. The predicted molar refractivity (Wildman–Crippen MR) is 32.1 cm³/mol. The van der Waals surface area contributed by atoms with Gasteiger partial charge in [0.2, 0.25) is 0 Å². The van der Waals surface area contributed by atoms with Gasteiger partial charge in [0.15, 0.2) is 6.10 Å². The van der Waals surface area contributed by atoms with Gasteiger partial charge in [-0.1, -0.05) is 0 Å². The van der Waals surface area contributed by atoms with Crippen molar-refractivity contribution in [2.45, 2.75) is 18.3 Å². The second-order valence-electron chi connectivity index (χ2n) is 2.04. The quantitative estimate of drug-likeness (QED) is 0.567. The third-order valence-corrected chi connectivity index (χ3v) is 1.16. The molecule has 0 aliphatic heterocycles. The molecule has 0 rings (SSSR count). The van der Waals surface area contributed by atoms with Gasteiger partial charge < -0.3 is 15.6 Å². The first kappa shape index (κ1) is 11.2. The lowest BCUT2D eigenvalue weighted by molar-refractivity contribution is -0.184. The van der Waals surface area contributed by atoms with Gasteiger partial charge in [-0.05, 0) is 0 Å². The molecule has 0 aliphatic rings. The molecule has 0 radical (unpaired) electrons. The standard InChI is InChI=1S/C5H8F3NO3/c1-12-4(11)2(10)3(9)5(6,7)8/h2-3,10H,9H2,1H3/t2-,3-/m1/s1.